The van der Waals surface area contributed by atoms with E-state index >= 15 is 0 Å². The lowest BCUT2D eigenvalue weighted by Gasteiger charge is -2.17. The first-order chi connectivity index (χ1) is 8.83. The molecule has 1 saturated heterocycles. The number of hydrogen-bond acceptors (Lipinski definition) is 4. The fourth-order valence-electron chi connectivity index (χ4n) is 2.66. The predicted octanol–water partition coefficient (Wildman–Crippen LogP) is 0.458. The van der Waals surface area contributed by atoms with Crippen molar-refractivity contribution in [3.05, 3.63) is 27.7 Å². The second-order valence-corrected chi connectivity index (χ2v) is 5.03. The van der Waals surface area contributed by atoms with E-state index in [9.17, 15) is 4.79 Å². The summed E-state index contributed by atoms with van der Waals surface area (Å²) < 4.78 is 7.18. The molecule has 5 heteroatoms. The number of nitrogens with zero attached hydrogens (tertiary/aromatic N) is 2. The summed E-state index contributed by atoms with van der Waals surface area (Å²) in [5, 5.41) is 7.74. The molecule has 1 fully saturated rings. The average molecular weight is 249 g/mol. The van der Waals surface area contributed by atoms with E-state index in [1.807, 2.05) is 0 Å². The summed E-state index contributed by atoms with van der Waals surface area (Å²) in [6.45, 7) is 3.25. The van der Waals surface area contributed by atoms with Crippen LogP contribution in [-0.4, -0.2) is 29.0 Å². The maximum Gasteiger partial charge on any atom is 0.267 e. The van der Waals surface area contributed by atoms with E-state index in [2.05, 4.69) is 10.4 Å². The van der Waals surface area contributed by atoms with Gasteiger partial charge in [0.15, 0.2) is 0 Å². The number of hydrogen-bond donors (Lipinski definition) is 1. The van der Waals surface area contributed by atoms with Crippen LogP contribution in [0.2, 0.25) is 0 Å². The Bertz CT molecular complexity index is 478. The molecule has 2 aliphatic heterocycles. The molecule has 0 aromatic carbocycles. The average Bonchev–Trinajstić information content (AvgIpc) is 2.89. The van der Waals surface area contributed by atoms with Gasteiger partial charge in [0, 0.05) is 38.7 Å². The quantitative estimate of drug-likeness (QED) is 0.845. The van der Waals surface area contributed by atoms with Gasteiger partial charge in [-0.15, -0.1) is 0 Å². The van der Waals surface area contributed by atoms with Crippen LogP contribution in [0.15, 0.2) is 10.9 Å². The minimum atomic E-state index is 0.00967. The minimum Gasteiger partial charge on any atom is -0.378 e. The van der Waals surface area contributed by atoms with E-state index in [0.717, 1.165) is 56.6 Å². The molecule has 18 heavy (non-hydrogen) atoms. The van der Waals surface area contributed by atoms with Gasteiger partial charge in [0.05, 0.1) is 11.8 Å². The first-order valence-electron chi connectivity index (χ1n) is 6.75. The smallest absolute Gasteiger partial charge is 0.267 e. The summed E-state index contributed by atoms with van der Waals surface area (Å²) in [6.07, 6.45) is 4.38. The number of ether oxygens (including phenoxy) is 1. The summed E-state index contributed by atoms with van der Waals surface area (Å²) in [6, 6.07) is 1.73. The molecule has 0 radical (unpaired) electrons. The van der Waals surface area contributed by atoms with Crippen molar-refractivity contribution in [2.24, 2.45) is 0 Å². The Morgan fingerprint density at radius 1 is 1.56 bits per heavy atom. The predicted molar refractivity (Wildman–Crippen MR) is 67.5 cm³/mol. The molecule has 1 N–H and O–H groups in total. The molecule has 98 valence electrons. The Morgan fingerprint density at radius 3 is 3.33 bits per heavy atom. The highest BCUT2D eigenvalue weighted by atomic mass is 16.5. The van der Waals surface area contributed by atoms with Crippen LogP contribution in [-0.2, 0) is 24.2 Å². The Balaban J connectivity index is 1.72. The van der Waals surface area contributed by atoms with E-state index in [4.69, 9.17) is 4.74 Å². The van der Waals surface area contributed by atoms with Crippen LogP contribution in [0.4, 0.5) is 0 Å². The highest BCUT2D eigenvalue weighted by Crippen LogP contribution is 2.15. The lowest BCUT2D eigenvalue weighted by atomic mass is 10.1. The van der Waals surface area contributed by atoms with Gasteiger partial charge in [-0.05, 0) is 24.8 Å². The van der Waals surface area contributed by atoms with Crippen molar-refractivity contribution < 1.29 is 4.74 Å². The van der Waals surface area contributed by atoms with E-state index in [1.165, 1.54) is 0 Å². The Morgan fingerprint density at radius 2 is 2.50 bits per heavy atom. The monoisotopic (exact) mass is 249 g/mol. The van der Waals surface area contributed by atoms with Gasteiger partial charge in [0.25, 0.3) is 5.56 Å². The summed E-state index contributed by atoms with van der Waals surface area (Å²) in [5.41, 5.74) is 2.13. The number of nitrogens with one attached hydrogen (secondary N) is 1. The molecule has 5 nitrogen and oxygen atoms in total. The Labute approximate surface area is 106 Å². The molecule has 0 spiro atoms. The van der Waals surface area contributed by atoms with Crippen LogP contribution >= 0.6 is 0 Å². The molecule has 1 aromatic rings. The molecule has 0 aliphatic carbocycles. The maximum absolute atomic E-state index is 11.9. The lowest BCUT2D eigenvalue weighted by molar-refractivity contribution is 0.0989. The van der Waals surface area contributed by atoms with Crippen LogP contribution in [0, 0.1) is 0 Å². The summed E-state index contributed by atoms with van der Waals surface area (Å²) in [7, 11) is 0. The van der Waals surface area contributed by atoms with Gasteiger partial charge in [-0.3, -0.25) is 4.79 Å². The van der Waals surface area contributed by atoms with E-state index in [0.29, 0.717) is 12.6 Å². The van der Waals surface area contributed by atoms with Crippen molar-refractivity contribution in [3.63, 3.8) is 0 Å². The zero-order valence-corrected chi connectivity index (χ0v) is 10.5. The van der Waals surface area contributed by atoms with Crippen molar-refractivity contribution >= 4 is 0 Å². The normalized spacial score (nSPS) is 23.0. The summed E-state index contributed by atoms with van der Waals surface area (Å²) in [4.78, 5) is 11.9. The third-order valence-corrected chi connectivity index (χ3v) is 3.71. The third-order valence-electron chi connectivity index (χ3n) is 3.71. The highest BCUT2D eigenvalue weighted by Gasteiger charge is 2.17. The van der Waals surface area contributed by atoms with Gasteiger partial charge in [0.1, 0.15) is 0 Å². The van der Waals surface area contributed by atoms with Gasteiger partial charge < -0.3 is 10.1 Å². The van der Waals surface area contributed by atoms with Crippen molar-refractivity contribution in [1.82, 2.24) is 15.1 Å². The molecular weight excluding hydrogens is 230 g/mol. The number of aromatic nitrogens is 2. The molecule has 1 unspecified atom stereocenters. The van der Waals surface area contributed by atoms with Crippen LogP contribution < -0.4 is 10.9 Å². The Hall–Kier alpha value is -1.20. The largest absolute Gasteiger partial charge is 0.378 e. The van der Waals surface area contributed by atoms with Gasteiger partial charge in [-0.2, -0.15) is 5.10 Å². The number of aryl methyl sites for hydroxylation is 1. The minimum absolute atomic E-state index is 0.00967. The van der Waals surface area contributed by atoms with E-state index in [-0.39, 0.29) is 5.56 Å². The van der Waals surface area contributed by atoms with Gasteiger partial charge in [0.2, 0.25) is 0 Å². The number of rotatable bonds is 3. The molecule has 2 aliphatic rings. The highest BCUT2D eigenvalue weighted by molar-refractivity contribution is 5.20. The van der Waals surface area contributed by atoms with Gasteiger partial charge in [-0.1, -0.05) is 0 Å². The molecule has 0 saturated carbocycles. The maximum atomic E-state index is 11.9. The van der Waals surface area contributed by atoms with Crippen molar-refractivity contribution in [2.75, 3.05) is 13.2 Å². The molecule has 3 rings (SSSR count). The van der Waals surface area contributed by atoms with E-state index < -0.39 is 0 Å². The van der Waals surface area contributed by atoms with Crippen molar-refractivity contribution in [2.45, 2.75) is 44.9 Å². The fraction of sp³-hybridized carbons (Fsp3) is 0.692. The third kappa shape index (κ3) is 2.47. The zero-order chi connectivity index (χ0) is 12.4. The fourth-order valence-corrected chi connectivity index (χ4v) is 2.66. The second-order valence-electron chi connectivity index (χ2n) is 5.03. The number of fused-ring (bicyclic) bond motifs is 1. The first-order valence-corrected chi connectivity index (χ1v) is 6.75. The molecule has 0 bridgehead atoms. The van der Waals surface area contributed by atoms with Gasteiger partial charge >= 0.3 is 0 Å². The first kappa shape index (κ1) is 11.9. The summed E-state index contributed by atoms with van der Waals surface area (Å²) in [5.74, 6) is 0. The van der Waals surface area contributed by atoms with Crippen LogP contribution in [0.25, 0.3) is 0 Å². The Kier molecular flexibility index (Phi) is 3.43. The van der Waals surface area contributed by atoms with Crippen molar-refractivity contribution in [1.29, 1.82) is 0 Å². The molecule has 1 atom stereocenters. The van der Waals surface area contributed by atoms with Gasteiger partial charge in [-0.25, -0.2) is 4.68 Å². The van der Waals surface area contributed by atoms with E-state index in [1.54, 1.807) is 10.7 Å². The van der Waals surface area contributed by atoms with Crippen LogP contribution in [0.5, 0.6) is 0 Å². The zero-order valence-electron chi connectivity index (χ0n) is 10.5. The molecule has 3 heterocycles. The second kappa shape index (κ2) is 5.20. The van der Waals surface area contributed by atoms with Crippen LogP contribution in [0.3, 0.4) is 0 Å². The molecule has 0 amide bonds. The molecular formula is C13H19N3O2. The van der Waals surface area contributed by atoms with Crippen LogP contribution in [0.1, 0.15) is 30.5 Å². The molecule has 1 aromatic heterocycles. The topological polar surface area (TPSA) is 56.2 Å². The standard InChI is InChI=1S/C13H19N3O2/c17-13-8-10-9-14-5-3-12(10)15-16(13)6-4-11-2-1-7-18-11/h8,11,14H,1-7,9H2. The van der Waals surface area contributed by atoms with Crippen molar-refractivity contribution in [3.8, 4) is 0 Å². The lowest BCUT2D eigenvalue weighted by Crippen LogP contribution is -2.32. The SMILES string of the molecule is O=c1cc2c(nn1CCC1CCCO1)CCNC2. The summed E-state index contributed by atoms with van der Waals surface area (Å²) >= 11 is 0.